The zero-order chi connectivity index (χ0) is 14.7. The average molecular weight is 340 g/mol. The molecular weight excluding hydrogens is 322 g/mol. The van der Waals surface area contributed by atoms with Crippen molar-refractivity contribution in [2.45, 2.75) is 19.4 Å². The molecule has 0 bridgehead atoms. The van der Waals surface area contributed by atoms with Crippen molar-refractivity contribution in [3.63, 3.8) is 0 Å². The third kappa shape index (κ3) is 3.41. The fourth-order valence-corrected chi connectivity index (χ4v) is 2.93. The fraction of sp³-hybridized carbons (Fsp3) is 0.400. The van der Waals surface area contributed by atoms with Gasteiger partial charge in [-0.1, -0.05) is 18.7 Å². The number of carbonyl (C=O) groups is 1. The molecule has 1 saturated heterocycles. The maximum Gasteiger partial charge on any atom is 0.307 e. The zero-order valence-electron chi connectivity index (χ0n) is 11.4. The number of rotatable bonds is 5. The van der Waals surface area contributed by atoms with E-state index in [4.69, 9.17) is 9.84 Å². The molecule has 2 atom stereocenters. The molecule has 5 heteroatoms. The number of carboxylic acid groups (broad SMARTS) is 1. The Morgan fingerprint density at radius 1 is 1.60 bits per heavy atom. The maximum atomic E-state index is 11.0. The first-order valence-corrected chi connectivity index (χ1v) is 7.30. The standard InChI is InChI=1S/C15H18BrNO3/c1-9(2)8-20-13-5-3-4-11(14(13)16)12-6-10(7-17-12)15(18)19/h3-5,10,12,17H,1,6-8H2,2H3,(H,18,19). The number of hydrogen-bond acceptors (Lipinski definition) is 3. The van der Waals surface area contributed by atoms with Crippen molar-refractivity contribution >= 4 is 21.9 Å². The number of ether oxygens (including phenoxy) is 1. The van der Waals surface area contributed by atoms with E-state index in [0.29, 0.717) is 19.6 Å². The van der Waals surface area contributed by atoms with Crippen molar-refractivity contribution in [3.05, 3.63) is 40.4 Å². The molecule has 2 unspecified atom stereocenters. The lowest BCUT2D eigenvalue weighted by atomic mass is 10.00. The Morgan fingerprint density at radius 2 is 2.35 bits per heavy atom. The van der Waals surface area contributed by atoms with Gasteiger partial charge in [0, 0.05) is 12.6 Å². The van der Waals surface area contributed by atoms with E-state index >= 15 is 0 Å². The number of aliphatic carboxylic acids is 1. The SMILES string of the molecule is C=C(C)COc1cccc(C2CC(C(=O)O)CN2)c1Br. The Bertz CT molecular complexity index is 530. The van der Waals surface area contributed by atoms with Gasteiger partial charge in [-0.2, -0.15) is 0 Å². The number of halogens is 1. The van der Waals surface area contributed by atoms with Gasteiger partial charge in [0.25, 0.3) is 0 Å². The van der Waals surface area contributed by atoms with Crippen molar-refractivity contribution in [1.29, 1.82) is 0 Å². The first-order chi connectivity index (χ1) is 9.49. The van der Waals surface area contributed by atoms with E-state index in [1.165, 1.54) is 0 Å². The lowest BCUT2D eigenvalue weighted by molar-refractivity contribution is -0.141. The van der Waals surface area contributed by atoms with Crippen molar-refractivity contribution in [1.82, 2.24) is 5.32 Å². The van der Waals surface area contributed by atoms with Crippen LogP contribution < -0.4 is 10.1 Å². The van der Waals surface area contributed by atoms with E-state index in [1.807, 2.05) is 25.1 Å². The Balaban J connectivity index is 2.15. The molecule has 0 radical (unpaired) electrons. The molecule has 1 aliphatic heterocycles. The minimum atomic E-state index is -0.745. The van der Waals surface area contributed by atoms with E-state index in [-0.39, 0.29) is 12.0 Å². The molecule has 1 aromatic carbocycles. The van der Waals surface area contributed by atoms with Crippen LogP contribution in [0.4, 0.5) is 0 Å². The van der Waals surface area contributed by atoms with Crippen LogP contribution in [0.15, 0.2) is 34.8 Å². The van der Waals surface area contributed by atoms with E-state index < -0.39 is 5.97 Å². The molecule has 20 heavy (non-hydrogen) atoms. The topological polar surface area (TPSA) is 58.6 Å². The van der Waals surface area contributed by atoms with Crippen LogP contribution in [0.2, 0.25) is 0 Å². The van der Waals surface area contributed by atoms with Crippen LogP contribution in [0, 0.1) is 5.92 Å². The second kappa shape index (κ2) is 6.41. The van der Waals surface area contributed by atoms with Gasteiger partial charge in [0.2, 0.25) is 0 Å². The smallest absolute Gasteiger partial charge is 0.307 e. The van der Waals surface area contributed by atoms with Crippen LogP contribution in [0.5, 0.6) is 5.75 Å². The molecule has 0 spiro atoms. The third-order valence-electron chi connectivity index (χ3n) is 3.32. The summed E-state index contributed by atoms with van der Waals surface area (Å²) in [5, 5.41) is 12.3. The second-order valence-electron chi connectivity index (χ2n) is 5.14. The van der Waals surface area contributed by atoms with Gasteiger partial charge in [-0.15, -0.1) is 0 Å². The predicted octanol–water partition coefficient (Wildman–Crippen LogP) is 3.14. The van der Waals surface area contributed by atoms with E-state index in [9.17, 15) is 4.79 Å². The summed E-state index contributed by atoms with van der Waals surface area (Å²) in [6.45, 7) is 6.70. The highest BCUT2D eigenvalue weighted by atomic mass is 79.9. The molecule has 0 amide bonds. The predicted molar refractivity (Wildman–Crippen MR) is 80.9 cm³/mol. The molecule has 1 aromatic rings. The van der Waals surface area contributed by atoms with Gasteiger partial charge in [-0.25, -0.2) is 0 Å². The Kier molecular flexibility index (Phi) is 4.83. The van der Waals surface area contributed by atoms with Crippen molar-refractivity contribution < 1.29 is 14.6 Å². The van der Waals surface area contributed by atoms with Gasteiger partial charge in [0.05, 0.1) is 10.4 Å². The molecule has 0 aromatic heterocycles. The van der Waals surface area contributed by atoms with Crippen LogP contribution in [0.1, 0.15) is 24.9 Å². The Labute approximate surface area is 127 Å². The average Bonchev–Trinajstić information content (AvgIpc) is 2.87. The van der Waals surface area contributed by atoms with Crippen molar-refractivity contribution in [3.8, 4) is 5.75 Å². The summed E-state index contributed by atoms with van der Waals surface area (Å²) in [6, 6.07) is 5.84. The molecule has 4 nitrogen and oxygen atoms in total. The van der Waals surface area contributed by atoms with E-state index in [1.54, 1.807) is 0 Å². The normalized spacial score (nSPS) is 21.7. The van der Waals surface area contributed by atoms with E-state index in [2.05, 4.69) is 27.8 Å². The largest absolute Gasteiger partial charge is 0.488 e. The highest BCUT2D eigenvalue weighted by molar-refractivity contribution is 9.10. The van der Waals surface area contributed by atoms with Crippen LogP contribution in [0.3, 0.4) is 0 Å². The highest BCUT2D eigenvalue weighted by Crippen LogP contribution is 2.37. The van der Waals surface area contributed by atoms with Crippen molar-refractivity contribution in [2.24, 2.45) is 5.92 Å². The van der Waals surface area contributed by atoms with Gasteiger partial charge in [0.15, 0.2) is 0 Å². The molecule has 2 N–H and O–H groups in total. The van der Waals surface area contributed by atoms with Crippen LogP contribution >= 0.6 is 15.9 Å². The summed E-state index contributed by atoms with van der Waals surface area (Å²) < 4.78 is 6.56. The number of benzene rings is 1. The molecule has 1 fully saturated rings. The quantitative estimate of drug-likeness (QED) is 0.809. The summed E-state index contributed by atoms with van der Waals surface area (Å²) in [7, 11) is 0. The lowest BCUT2D eigenvalue weighted by Gasteiger charge is -2.16. The second-order valence-corrected chi connectivity index (χ2v) is 5.93. The first-order valence-electron chi connectivity index (χ1n) is 6.50. The molecule has 108 valence electrons. The molecule has 0 saturated carbocycles. The minimum absolute atomic E-state index is 0.0406. The molecule has 1 heterocycles. The van der Waals surface area contributed by atoms with Gasteiger partial charge < -0.3 is 15.2 Å². The fourth-order valence-electron chi connectivity index (χ4n) is 2.27. The zero-order valence-corrected chi connectivity index (χ0v) is 12.9. The van der Waals surface area contributed by atoms with Crippen LogP contribution in [0.25, 0.3) is 0 Å². The molecule has 1 aliphatic rings. The van der Waals surface area contributed by atoms with E-state index in [0.717, 1.165) is 21.4 Å². The maximum absolute atomic E-state index is 11.0. The Morgan fingerprint density at radius 3 is 2.95 bits per heavy atom. The molecular formula is C15H18BrNO3. The van der Waals surface area contributed by atoms with Crippen molar-refractivity contribution in [2.75, 3.05) is 13.2 Å². The number of hydrogen-bond donors (Lipinski definition) is 2. The van der Waals surface area contributed by atoms with Gasteiger partial charge >= 0.3 is 5.97 Å². The molecule has 0 aliphatic carbocycles. The third-order valence-corrected chi connectivity index (χ3v) is 4.17. The number of carboxylic acids is 1. The summed E-state index contributed by atoms with van der Waals surface area (Å²) in [4.78, 5) is 11.0. The Hall–Kier alpha value is -1.33. The van der Waals surface area contributed by atoms with Crippen LogP contribution in [-0.2, 0) is 4.79 Å². The lowest BCUT2D eigenvalue weighted by Crippen LogP contribution is -2.17. The van der Waals surface area contributed by atoms with Gasteiger partial charge in [-0.3, -0.25) is 4.79 Å². The number of nitrogens with one attached hydrogen (secondary N) is 1. The van der Waals surface area contributed by atoms with Gasteiger partial charge in [-0.05, 0) is 46.5 Å². The highest BCUT2D eigenvalue weighted by Gasteiger charge is 2.31. The minimum Gasteiger partial charge on any atom is -0.488 e. The first kappa shape index (κ1) is 15.1. The van der Waals surface area contributed by atoms with Gasteiger partial charge in [0.1, 0.15) is 12.4 Å². The summed E-state index contributed by atoms with van der Waals surface area (Å²) in [5.74, 6) is -0.316. The summed E-state index contributed by atoms with van der Waals surface area (Å²) >= 11 is 3.56. The van der Waals surface area contributed by atoms with Crippen LogP contribution in [-0.4, -0.2) is 24.2 Å². The summed E-state index contributed by atoms with van der Waals surface area (Å²) in [5.41, 5.74) is 1.99. The summed E-state index contributed by atoms with van der Waals surface area (Å²) in [6.07, 6.45) is 0.595. The molecule has 2 rings (SSSR count). The monoisotopic (exact) mass is 339 g/mol.